The molecular formula is C23H46. The minimum atomic E-state index is 0.670. The molecule has 0 aliphatic carbocycles. The molecule has 0 saturated carbocycles. The van der Waals surface area contributed by atoms with Gasteiger partial charge in [-0.1, -0.05) is 123 Å². The summed E-state index contributed by atoms with van der Waals surface area (Å²) < 4.78 is 0. The van der Waals surface area contributed by atoms with Gasteiger partial charge in [0.25, 0.3) is 0 Å². The second-order valence-electron chi connectivity index (χ2n) is 8.13. The first-order valence-electron chi connectivity index (χ1n) is 10.8. The van der Waals surface area contributed by atoms with Gasteiger partial charge in [-0.2, -0.15) is 0 Å². The predicted molar refractivity (Wildman–Crippen MR) is 108 cm³/mol. The Hall–Kier alpha value is -0.260. The summed E-state index contributed by atoms with van der Waals surface area (Å²) in [5, 5.41) is 0. The summed E-state index contributed by atoms with van der Waals surface area (Å²) in [5.74, 6) is 1.63. The lowest BCUT2D eigenvalue weighted by Crippen LogP contribution is -1.95. The Morgan fingerprint density at radius 1 is 0.652 bits per heavy atom. The van der Waals surface area contributed by atoms with E-state index in [-0.39, 0.29) is 0 Å². The van der Waals surface area contributed by atoms with Crippen molar-refractivity contribution in [1.29, 1.82) is 0 Å². The van der Waals surface area contributed by atoms with Crippen LogP contribution in [-0.2, 0) is 0 Å². The zero-order valence-corrected chi connectivity index (χ0v) is 17.0. The molecule has 23 heavy (non-hydrogen) atoms. The molecule has 0 amide bonds. The van der Waals surface area contributed by atoms with Gasteiger partial charge in [-0.15, -0.1) is 0 Å². The van der Waals surface area contributed by atoms with Crippen molar-refractivity contribution >= 4 is 0 Å². The van der Waals surface area contributed by atoms with Crippen LogP contribution in [0.5, 0.6) is 0 Å². The van der Waals surface area contributed by atoms with Gasteiger partial charge in [0.15, 0.2) is 0 Å². The lowest BCUT2D eigenvalue weighted by Gasteiger charge is -2.11. The molecule has 0 saturated heterocycles. The van der Waals surface area contributed by atoms with E-state index in [0.717, 1.165) is 5.92 Å². The molecule has 0 fully saturated rings. The van der Waals surface area contributed by atoms with E-state index in [4.69, 9.17) is 0 Å². The Kier molecular flexibility index (Phi) is 16.4. The highest BCUT2D eigenvalue weighted by atomic mass is 14.1. The van der Waals surface area contributed by atoms with Crippen molar-refractivity contribution < 1.29 is 0 Å². The summed E-state index contributed by atoms with van der Waals surface area (Å²) in [5.41, 5.74) is 1.44. The molecule has 1 atom stereocenters. The maximum absolute atomic E-state index is 4.16. The van der Waals surface area contributed by atoms with Crippen LogP contribution >= 0.6 is 0 Å². The summed E-state index contributed by atoms with van der Waals surface area (Å²) in [6, 6.07) is 0. The first kappa shape index (κ1) is 22.7. The minimum absolute atomic E-state index is 0.670. The largest absolute Gasteiger partial charge is 0.0996 e. The topological polar surface area (TPSA) is 0 Å². The average molecular weight is 323 g/mol. The highest BCUT2D eigenvalue weighted by molar-refractivity contribution is 4.96. The molecule has 0 nitrogen and oxygen atoms in total. The first-order valence-corrected chi connectivity index (χ1v) is 10.8. The molecule has 0 aliphatic heterocycles. The van der Waals surface area contributed by atoms with E-state index in [1.165, 1.54) is 102 Å². The summed E-state index contributed by atoms with van der Waals surface area (Å²) >= 11 is 0. The van der Waals surface area contributed by atoms with E-state index in [9.17, 15) is 0 Å². The summed E-state index contributed by atoms with van der Waals surface area (Å²) in [4.78, 5) is 0. The van der Waals surface area contributed by atoms with E-state index < -0.39 is 0 Å². The monoisotopic (exact) mass is 322 g/mol. The molecular weight excluding hydrogens is 276 g/mol. The Morgan fingerprint density at radius 2 is 1.09 bits per heavy atom. The fourth-order valence-corrected chi connectivity index (χ4v) is 3.26. The van der Waals surface area contributed by atoms with Gasteiger partial charge < -0.3 is 0 Å². The average Bonchev–Trinajstić information content (AvgIpc) is 2.53. The number of unbranched alkanes of at least 4 members (excludes halogenated alkanes) is 10. The fourth-order valence-electron chi connectivity index (χ4n) is 3.26. The molecule has 0 aromatic rings. The Bertz CT molecular complexity index is 251. The molecule has 0 aliphatic rings. The Morgan fingerprint density at radius 3 is 1.57 bits per heavy atom. The second-order valence-corrected chi connectivity index (χ2v) is 8.13. The fraction of sp³-hybridized carbons (Fsp3) is 0.913. The van der Waals surface area contributed by atoms with Crippen LogP contribution in [0.4, 0.5) is 0 Å². The summed E-state index contributed by atoms with van der Waals surface area (Å²) in [6.07, 6.45) is 21.3. The van der Waals surface area contributed by atoms with Crippen molar-refractivity contribution in [3.8, 4) is 0 Å². The van der Waals surface area contributed by atoms with Crippen molar-refractivity contribution in [3.05, 3.63) is 12.2 Å². The SMILES string of the molecule is C=C(CCCCCCCCCCC(C)CCCCCC)C(C)C. The third-order valence-corrected chi connectivity index (χ3v) is 5.31. The highest BCUT2D eigenvalue weighted by Gasteiger charge is 2.02. The van der Waals surface area contributed by atoms with E-state index in [1.807, 2.05) is 0 Å². The summed E-state index contributed by atoms with van der Waals surface area (Å²) in [7, 11) is 0. The van der Waals surface area contributed by atoms with E-state index in [2.05, 4.69) is 34.3 Å². The molecule has 0 radical (unpaired) electrons. The molecule has 0 bridgehead atoms. The summed E-state index contributed by atoms with van der Waals surface area (Å²) in [6.45, 7) is 13.4. The lowest BCUT2D eigenvalue weighted by atomic mass is 9.96. The minimum Gasteiger partial charge on any atom is -0.0996 e. The predicted octanol–water partition coefficient (Wildman–Crippen LogP) is 8.71. The van der Waals surface area contributed by atoms with Crippen LogP contribution in [0.2, 0.25) is 0 Å². The van der Waals surface area contributed by atoms with Gasteiger partial charge in [0, 0.05) is 0 Å². The lowest BCUT2D eigenvalue weighted by molar-refractivity contribution is 0.433. The van der Waals surface area contributed by atoms with E-state index in [1.54, 1.807) is 0 Å². The third-order valence-electron chi connectivity index (χ3n) is 5.31. The number of rotatable bonds is 17. The third kappa shape index (κ3) is 16.4. The number of hydrogen-bond donors (Lipinski definition) is 0. The van der Waals surface area contributed by atoms with Crippen molar-refractivity contribution in [3.63, 3.8) is 0 Å². The second kappa shape index (κ2) is 16.6. The maximum atomic E-state index is 4.16. The molecule has 0 rings (SSSR count). The van der Waals surface area contributed by atoms with Crippen LogP contribution in [0.25, 0.3) is 0 Å². The van der Waals surface area contributed by atoms with Crippen LogP contribution in [-0.4, -0.2) is 0 Å². The smallest absolute Gasteiger partial charge is 0.0263 e. The van der Waals surface area contributed by atoms with E-state index in [0.29, 0.717) is 5.92 Å². The van der Waals surface area contributed by atoms with Gasteiger partial charge in [0.05, 0.1) is 0 Å². The Labute approximate surface area is 148 Å². The molecule has 0 heterocycles. The van der Waals surface area contributed by atoms with Crippen molar-refractivity contribution in [2.24, 2.45) is 11.8 Å². The zero-order chi connectivity index (χ0) is 17.3. The van der Waals surface area contributed by atoms with Gasteiger partial charge in [-0.25, -0.2) is 0 Å². The first-order chi connectivity index (χ1) is 11.1. The molecule has 1 unspecified atom stereocenters. The van der Waals surface area contributed by atoms with Crippen LogP contribution in [0.1, 0.15) is 124 Å². The normalized spacial score (nSPS) is 12.7. The van der Waals surface area contributed by atoms with Crippen LogP contribution in [0.15, 0.2) is 12.2 Å². The van der Waals surface area contributed by atoms with Crippen molar-refractivity contribution in [2.45, 2.75) is 124 Å². The molecule has 0 heteroatoms. The molecule has 0 N–H and O–H groups in total. The Balaban J connectivity index is 3.19. The van der Waals surface area contributed by atoms with Gasteiger partial charge in [-0.3, -0.25) is 0 Å². The zero-order valence-electron chi connectivity index (χ0n) is 17.0. The highest BCUT2D eigenvalue weighted by Crippen LogP contribution is 2.19. The van der Waals surface area contributed by atoms with Crippen LogP contribution in [0.3, 0.4) is 0 Å². The molecule has 0 spiro atoms. The van der Waals surface area contributed by atoms with Gasteiger partial charge in [0.1, 0.15) is 0 Å². The van der Waals surface area contributed by atoms with Gasteiger partial charge >= 0.3 is 0 Å². The van der Waals surface area contributed by atoms with E-state index >= 15 is 0 Å². The number of allylic oxidation sites excluding steroid dienone is 1. The van der Waals surface area contributed by atoms with Crippen molar-refractivity contribution in [2.75, 3.05) is 0 Å². The van der Waals surface area contributed by atoms with Crippen LogP contribution in [0, 0.1) is 11.8 Å². The van der Waals surface area contributed by atoms with Crippen LogP contribution < -0.4 is 0 Å². The molecule has 0 aromatic carbocycles. The molecule has 0 aromatic heterocycles. The number of hydrogen-bond acceptors (Lipinski definition) is 0. The molecule has 138 valence electrons. The van der Waals surface area contributed by atoms with Gasteiger partial charge in [-0.05, 0) is 24.7 Å². The maximum Gasteiger partial charge on any atom is -0.0263 e. The van der Waals surface area contributed by atoms with Gasteiger partial charge in [0.2, 0.25) is 0 Å². The standard InChI is InChI=1S/C23H46/c1-6-7-8-15-18-22(4)19-16-13-11-9-10-12-14-17-20-23(5)21(2)3/h21-22H,5-20H2,1-4H3. The van der Waals surface area contributed by atoms with Crippen molar-refractivity contribution in [1.82, 2.24) is 0 Å². The quantitative estimate of drug-likeness (QED) is 0.185.